The number of halogens is 6. The van der Waals surface area contributed by atoms with Crippen molar-refractivity contribution in [2.24, 2.45) is 0 Å². The molecule has 0 nitrogen and oxygen atoms in total. The van der Waals surface area contributed by atoms with E-state index in [1.807, 2.05) is 0 Å². The molecule has 2 rings (SSSR count). The first-order chi connectivity index (χ1) is 8.25. The summed E-state index contributed by atoms with van der Waals surface area (Å²) in [6.45, 7) is 0. The van der Waals surface area contributed by atoms with Gasteiger partial charge in [-0.2, -0.15) is 22.0 Å². The van der Waals surface area contributed by atoms with Crippen LogP contribution in [-0.4, -0.2) is 12.1 Å². The van der Waals surface area contributed by atoms with Gasteiger partial charge in [-0.05, 0) is 22.4 Å². The van der Waals surface area contributed by atoms with Gasteiger partial charge in [0.1, 0.15) is 5.38 Å². The summed E-state index contributed by atoms with van der Waals surface area (Å²) in [5, 5.41) is -0.859. The van der Waals surface area contributed by atoms with Crippen molar-refractivity contribution in [3.8, 4) is 0 Å². The summed E-state index contributed by atoms with van der Waals surface area (Å²) in [5.41, 5.74) is -0.195. The molecule has 2 aromatic rings. The predicted octanol–water partition coefficient (Wildman–Crippen LogP) is 5.38. The van der Waals surface area contributed by atoms with Crippen LogP contribution in [0.1, 0.15) is 10.9 Å². The Bertz CT molecular complexity index is 560. The molecule has 0 saturated carbocycles. The summed E-state index contributed by atoms with van der Waals surface area (Å²) in [4.78, 5) is 0. The third kappa shape index (κ3) is 2.07. The second kappa shape index (κ2) is 4.35. The monoisotopic (exact) mass is 300 g/mol. The quantitative estimate of drug-likeness (QED) is 0.516. The number of alkyl halides is 6. The number of hydrogen-bond acceptors (Lipinski definition) is 1. The molecule has 0 N–H and O–H groups in total. The van der Waals surface area contributed by atoms with E-state index in [2.05, 4.69) is 0 Å². The second-order valence-corrected chi connectivity index (χ2v) is 5.02. The molecule has 1 heterocycles. The van der Waals surface area contributed by atoms with E-state index < -0.39 is 17.5 Å². The Hall–Kier alpha value is -0.880. The molecule has 0 aliphatic rings. The van der Waals surface area contributed by atoms with Gasteiger partial charge in [-0.25, -0.2) is 0 Å². The van der Waals surface area contributed by atoms with Gasteiger partial charge in [0.2, 0.25) is 0 Å². The standard InChI is InChI=1S/C11H6ClF5S/c12-9(10(13,14)11(15,16)17)7-5-18-8-4-2-1-3-6(7)8/h1-5,9H. The Balaban J connectivity index is 2.49. The van der Waals surface area contributed by atoms with E-state index >= 15 is 0 Å². The van der Waals surface area contributed by atoms with Gasteiger partial charge >= 0.3 is 12.1 Å². The average molecular weight is 301 g/mol. The molecule has 0 aliphatic carbocycles. The van der Waals surface area contributed by atoms with Crippen LogP contribution in [0.2, 0.25) is 0 Å². The lowest BCUT2D eigenvalue weighted by atomic mass is 10.1. The Morgan fingerprint density at radius 3 is 2.28 bits per heavy atom. The van der Waals surface area contributed by atoms with E-state index in [4.69, 9.17) is 11.6 Å². The van der Waals surface area contributed by atoms with Crippen molar-refractivity contribution < 1.29 is 22.0 Å². The minimum absolute atomic E-state index is 0.195. The maximum Gasteiger partial charge on any atom is 0.455 e. The fourth-order valence-electron chi connectivity index (χ4n) is 1.53. The summed E-state index contributed by atoms with van der Waals surface area (Å²) in [7, 11) is 0. The van der Waals surface area contributed by atoms with Gasteiger partial charge in [0.15, 0.2) is 0 Å². The molecular formula is C11H6ClF5S. The zero-order chi connectivity index (χ0) is 13.6. The van der Waals surface area contributed by atoms with Crippen molar-refractivity contribution >= 4 is 33.0 Å². The van der Waals surface area contributed by atoms with E-state index in [1.165, 1.54) is 11.4 Å². The minimum atomic E-state index is -5.66. The third-order valence-electron chi connectivity index (χ3n) is 2.48. The molecule has 7 heteroatoms. The van der Waals surface area contributed by atoms with Crippen molar-refractivity contribution in [3.63, 3.8) is 0 Å². The lowest BCUT2D eigenvalue weighted by Crippen LogP contribution is -2.40. The minimum Gasteiger partial charge on any atom is -0.194 e. The van der Waals surface area contributed by atoms with Crippen LogP contribution >= 0.6 is 22.9 Å². The van der Waals surface area contributed by atoms with E-state index in [-0.39, 0.29) is 5.56 Å². The van der Waals surface area contributed by atoms with Crippen molar-refractivity contribution in [2.75, 3.05) is 0 Å². The molecule has 0 amide bonds. The van der Waals surface area contributed by atoms with E-state index in [1.54, 1.807) is 18.2 Å². The molecular weight excluding hydrogens is 295 g/mol. The number of fused-ring (bicyclic) bond motifs is 1. The molecule has 98 valence electrons. The smallest absolute Gasteiger partial charge is 0.194 e. The van der Waals surface area contributed by atoms with Crippen molar-refractivity contribution in [1.29, 1.82) is 0 Å². The number of benzene rings is 1. The fourth-order valence-corrected chi connectivity index (χ4v) is 2.90. The Morgan fingerprint density at radius 1 is 1.06 bits per heavy atom. The van der Waals surface area contributed by atoms with Gasteiger partial charge in [-0.15, -0.1) is 22.9 Å². The van der Waals surface area contributed by atoms with Gasteiger partial charge in [0, 0.05) is 4.70 Å². The van der Waals surface area contributed by atoms with Gasteiger partial charge in [-0.1, -0.05) is 18.2 Å². The first-order valence-electron chi connectivity index (χ1n) is 4.80. The van der Waals surface area contributed by atoms with Crippen LogP contribution in [0.15, 0.2) is 29.6 Å². The predicted molar refractivity (Wildman–Crippen MR) is 61.4 cm³/mol. The lowest BCUT2D eigenvalue weighted by molar-refractivity contribution is -0.283. The van der Waals surface area contributed by atoms with Crippen LogP contribution in [0.25, 0.3) is 10.1 Å². The zero-order valence-corrected chi connectivity index (χ0v) is 10.2. The summed E-state index contributed by atoms with van der Waals surface area (Å²) in [5.74, 6) is -4.96. The molecule has 0 radical (unpaired) electrons. The third-order valence-corrected chi connectivity index (χ3v) is 3.97. The Kier molecular flexibility index (Phi) is 3.27. The molecule has 0 saturated heterocycles. The SMILES string of the molecule is FC(F)(F)C(F)(F)C(Cl)c1csc2ccccc12. The van der Waals surface area contributed by atoms with Gasteiger partial charge in [-0.3, -0.25) is 0 Å². The molecule has 18 heavy (non-hydrogen) atoms. The van der Waals surface area contributed by atoms with Crippen LogP contribution < -0.4 is 0 Å². The highest BCUT2D eigenvalue weighted by Gasteiger charge is 2.62. The highest BCUT2D eigenvalue weighted by Crippen LogP contribution is 2.50. The average Bonchev–Trinajstić information content (AvgIpc) is 2.70. The van der Waals surface area contributed by atoms with Crippen LogP contribution in [-0.2, 0) is 0 Å². The highest BCUT2D eigenvalue weighted by molar-refractivity contribution is 7.17. The van der Waals surface area contributed by atoms with Gasteiger partial charge in [0.25, 0.3) is 0 Å². The molecule has 0 fully saturated rings. The van der Waals surface area contributed by atoms with Crippen LogP contribution in [0.5, 0.6) is 0 Å². The van der Waals surface area contributed by atoms with Crippen molar-refractivity contribution in [1.82, 2.24) is 0 Å². The van der Waals surface area contributed by atoms with Crippen LogP contribution in [0, 0.1) is 0 Å². The van der Waals surface area contributed by atoms with Crippen LogP contribution in [0.4, 0.5) is 22.0 Å². The van der Waals surface area contributed by atoms with Crippen molar-refractivity contribution in [3.05, 3.63) is 35.2 Å². The normalized spacial score (nSPS) is 15.0. The fraction of sp³-hybridized carbons (Fsp3) is 0.273. The lowest BCUT2D eigenvalue weighted by Gasteiger charge is -2.24. The van der Waals surface area contributed by atoms with E-state index in [9.17, 15) is 22.0 Å². The van der Waals surface area contributed by atoms with Gasteiger partial charge < -0.3 is 0 Å². The summed E-state index contributed by atoms with van der Waals surface area (Å²) in [6, 6.07) is 6.35. The van der Waals surface area contributed by atoms with Crippen LogP contribution in [0.3, 0.4) is 0 Å². The van der Waals surface area contributed by atoms with E-state index in [0.717, 1.165) is 11.3 Å². The molecule has 0 aliphatic heterocycles. The maximum atomic E-state index is 13.2. The molecule has 0 spiro atoms. The topological polar surface area (TPSA) is 0 Å². The Morgan fingerprint density at radius 2 is 1.67 bits per heavy atom. The molecule has 1 aromatic carbocycles. The number of rotatable bonds is 2. The number of hydrogen-bond donors (Lipinski definition) is 0. The first-order valence-corrected chi connectivity index (χ1v) is 6.11. The summed E-state index contributed by atoms with van der Waals surface area (Å²) < 4.78 is 63.7. The Labute approximate surface area is 108 Å². The molecule has 1 atom stereocenters. The second-order valence-electron chi connectivity index (χ2n) is 3.67. The molecule has 0 bridgehead atoms. The van der Waals surface area contributed by atoms with Crippen molar-refractivity contribution in [2.45, 2.75) is 17.5 Å². The summed E-state index contributed by atoms with van der Waals surface area (Å²) in [6.07, 6.45) is -5.66. The molecule has 1 unspecified atom stereocenters. The largest absolute Gasteiger partial charge is 0.455 e. The molecule has 1 aromatic heterocycles. The maximum absolute atomic E-state index is 13.2. The van der Waals surface area contributed by atoms with E-state index in [0.29, 0.717) is 10.1 Å². The first kappa shape index (κ1) is 13.5. The number of thiophene rings is 1. The zero-order valence-electron chi connectivity index (χ0n) is 8.64. The summed E-state index contributed by atoms with van der Waals surface area (Å²) >= 11 is 6.42. The van der Waals surface area contributed by atoms with Gasteiger partial charge in [0.05, 0.1) is 0 Å². The highest BCUT2D eigenvalue weighted by atomic mass is 35.5.